The minimum Gasteiger partial charge on any atom is -0.368 e. The van der Waals surface area contributed by atoms with Crippen molar-refractivity contribution in [3.05, 3.63) is 24.3 Å². The lowest BCUT2D eigenvalue weighted by Gasteiger charge is -2.34. The van der Waals surface area contributed by atoms with Gasteiger partial charge in [-0.25, -0.2) is 0 Å². The summed E-state index contributed by atoms with van der Waals surface area (Å²) in [5, 5.41) is 0. The Morgan fingerprint density at radius 1 is 1.20 bits per heavy atom. The first-order valence-electron chi connectivity index (χ1n) is 5.28. The van der Waals surface area contributed by atoms with E-state index in [1.165, 1.54) is 5.69 Å². The molecule has 0 atom stereocenters. The molecular formula is C13H20N2. The van der Waals surface area contributed by atoms with Crippen LogP contribution >= 0.6 is 0 Å². The van der Waals surface area contributed by atoms with E-state index in [-0.39, 0.29) is 5.54 Å². The van der Waals surface area contributed by atoms with Gasteiger partial charge in [0.2, 0.25) is 0 Å². The molecule has 2 nitrogen and oxygen atoms in total. The first kappa shape index (κ1) is 11.8. The number of para-hydroxylation sites is 2. The Hall–Kier alpha value is -1.31. The number of anilines is 1. The molecule has 1 aromatic rings. The van der Waals surface area contributed by atoms with Crippen molar-refractivity contribution in [3.63, 3.8) is 0 Å². The maximum Gasteiger partial charge on any atom is 0.0859 e. The maximum atomic E-state index is 4.37. The summed E-state index contributed by atoms with van der Waals surface area (Å²) in [6, 6.07) is 8.21. The van der Waals surface area contributed by atoms with E-state index in [1.807, 2.05) is 31.3 Å². The molecule has 1 rings (SSSR count). The Balaban J connectivity index is 3.13. The van der Waals surface area contributed by atoms with Crippen LogP contribution in [-0.4, -0.2) is 18.8 Å². The fraction of sp³-hybridized carbons (Fsp3) is 0.462. The highest BCUT2D eigenvalue weighted by atomic mass is 15.2. The van der Waals surface area contributed by atoms with Crippen molar-refractivity contribution in [1.82, 2.24) is 0 Å². The molecular weight excluding hydrogens is 184 g/mol. The summed E-state index contributed by atoms with van der Waals surface area (Å²) in [4.78, 5) is 6.62. The Morgan fingerprint density at radius 2 is 1.80 bits per heavy atom. The molecule has 0 spiro atoms. The molecule has 0 bridgehead atoms. The standard InChI is InChI=1S/C13H20N2/c1-6-14-11-9-7-8-10-12(11)15(5)13(2,3)4/h6-10H,1-5H3/b14-6-. The summed E-state index contributed by atoms with van der Waals surface area (Å²) in [5.74, 6) is 0. The zero-order chi connectivity index (χ0) is 11.5. The Bertz CT molecular complexity index is 348. The predicted molar refractivity (Wildman–Crippen MR) is 68.4 cm³/mol. The lowest BCUT2D eigenvalue weighted by molar-refractivity contribution is 0.539. The predicted octanol–water partition coefficient (Wildman–Crippen LogP) is 3.64. The van der Waals surface area contributed by atoms with Crippen LogP contribution < -0.4 is 4.90 Å². The fourth-order valence-corrected chi connectivity index (χ4v) is 1.36. The number of hydrogen-bond donors (Lipinski definition) is 0. The number of nitrogens with zero attached hydrogens (tertiary/aromatic N) is 2. The molecule has 0 aromatic heterocycles. The zero-order valence-electron chi connectivity index (χ0n) is 10.3. The van der Waals surface area contributed by atoms with E-state index in [9.17, 15) is 0 Å². The Kier molecular flexibility index (Phi) is 3.51. The Labute approximate surface area is 92.6 Å². The second-order valence-electron chi connectivity index (χ2n) is 4.61. The molecule has 0 aliphatic heterocycles. The number of aliphatic imine (C=N–C) groups is 1. The minimum atomic E-state index is 0.110. The first-order valence-corrected chi connectivity index (χ1v) is 5.28. The number of hydrogen-bond acceptors (Lipinski definition) is 2. The van der Waals surface area contributed by atoms with Gasteiger partial charge in [-0.15, -0.1) is 0 Å². The van der Waals surface area contributed by atoms with Gasteiger partial charge in [-0.2, -0.15) is 0 Å². The molecule has 15 heavy (non-hydrogen) atoms. The van der Waals surface area contributed by atoms with Crippen molar-refractivity contribution in [1.29, 1.82) is 0 Å². The normalized spacial score (nSPS) is 12.1. The molecule has 0 saturated heterocycles. The van der Waals surface area contributed by atoms with Crippen LogP contribution in [0, 0.1) is 0 Å². The highest BCUT2D eigenvalue weighted by Crippen LogP contribution is 2.31. The number of benzene rings is 1. The molecule has 0 N–H and O–H groups in total. The lowest BCUT2D eigenvalue weighted by atomic mass is 10.1. The van der Waals surface area contributed by atoms with Gasteiger partial charge in [0.15, 0.2) is 0 Å². The third-order valence-electron chi connectivity index (χ3n) is 2.52. The summed E-state index contributed by atoms with van der Waals surface area (Å²) < 4.78 is 0. The van der Waals surface area contributed by atoms with E-state index in [4.69, 9.17) is 0 Å². The third-order valence-corrected chi connectivity index (χ3v) is 2.52. The van der Waals surface area contributed by atoms with Gasteiger partial charge in [0.25, 0.3) is 0 Å². The smallest absolute Gasteiger partial charge is 0.0859 e. The van der Waals surface area contributed by atoms with E-state index in [2.05, 4.69) is 43.8 Å². The summed E-state index contributed by atoms with van der Waals surface area (Å²) >= 11 is 0. The maximum absolute atomic E-state index is 4.37. The van der Waals surface area contributed by atoms with Crippen LogP contribution in [0.15, 0.2) is 29.3 Å². The SMILES string of the molecule is C/C=N\c1ccccc1N(C)C(C)(C)C. The average Bonchev–Trinajstić information content (AvgIpc) is 2.17. The van der Waals surface area contributed by atoms with Gasteiger partial charge in [0.05, 0.1) is 11.4 Å². The van der Waals surface area contributed by atoms with E-state index in [1.54, 1.807) is 0 Å². The van der Waals surface area contributed by atoms with Crippen molar-refractivity contribution in [2.24, 2.45) is 4.99 Å². The van der Waals surface area contributed by atoms with Crippen LogP contribution in [0.2, 0.25) is 0 Å². The van der Waals surface area contributed by atoms with Gasteiger partial charge in [0, 0.05) is 18.8 Å². The van der Waals surface area contributed by atoms with Gasteiger partial charge < -0.3 is 4.90 Å². The van der Waals surface area contributed by atoms with Gasteiger partial charge >= 0.3 is 0 Å². The molecule has 0 radical (unpaired) electrons. The van der Waals surface area contributed by atoms with Crippen LogP contribution in [0.4, 0.5) is 11.4 Å². The summed E-state index contributed by atoms with van der Waals surface area (Å²) in [6.07, 6.45) is 1.83. The van der Waals surface area contributed by atoms with E-state index in [0.717, 1.165) is 5.69 Å². The highest BCUT2D eigenvalue weighted by Gasteiger charge is 2.19. The van der Waals surface area contributed by atoms with Crippen molar-refractivity contribution in [2.75, 3.05) is 11.9 Å². The van der Waals surface area contributed by atoms with Crippen molar-refractivity contribution >= 4 is 17.6 Å². The molecule has 0 saturated carbocycles. The molecule has 0 unspecified atom stereocenters. The summed E-state index contributed by atoms with van der Waals surface area (Å²) in [7, 11) is 2.10. The second kappa shape index (κ2) is 4.47. The lowest BCUT2D eigenvalue weighted by Crippen LogP contribution is -2.38. The number of rotatable bonds is 2. The minimum absolute atomic E-state index is 0.110. The topological polar surface area (TPSA) is 15.6 Å². The van der Waals surface area contributed by atoms with Crippen LogP contribution in [0.1, 0.15) is 27.7 Å². The molecule has 0 aliphatic rings. The van der Waals surface area contributed by atoms with E-state index in [0.29, 0.717) is 0 Å². The second-order valence-corrected chi connectivity index (χ2v) is 4.61. The molecule has 0 fully saturated rings. The molecule has 0 heterocycles. The summed E-state index contributed by atoms with van der Waals surface area (Å²) in [5.41, 5.74) is 2.31. The molecule has 2 heteroatoms. The monoisotopic (exact) mass is 204 g/mol. The van der Waals surface area contributed by atoms with Crippen LogP contribution in [-0.2, 0) is 0 Å². The van der Waals surface area contributed by atoms with Crippen LogP contribution in [0.3, 0.4) is 0 Å². The van der Waals surface area contributed by atoms with Crippen molar-refractivity contribution in [3.8, 4) is 0 Å². The fourth-order valence-electron chi connectivity index (χ4n) is 1.36. The quantitative estimate of drug-likeness (QED) is 0.671. The van der Waals surface area contributed by atoms with Crippen LogP contribution in [0.5, 0.6) is 0 Å². The van der Waals surface area contributed by atoms with Gasteiger partial charge in [-0.05, 0) is 39.8 Å². The summed E-state index contributed by atoms with van der Waals surface area (Å²) in [6.45, 7) is 8.52. The van der Waals surface area contributed by atoms with Gasteiger partial charge in [0.1, 0.15) is 0 Å². The van der Waals surface area contributed by atoms with E-state index < -0.39 is 0 Å². The van der Waals surface area contributed by atoms with Gasteiger partial charge in [-0.3, -0.25) is 4.99 Å². The molecule has 0 aliphatic carbocycles. The molecule has 0 amide bonds. The largest absolute Gasteiger partial charge is 0.368 e. The average molecular weight is 204 g/mol. The molecule has 82 valence electrons. The van der Waals surface area contributed by atoms with Gasteiger partial charge in [-0.1, -0.05) is 12.1 Å². The Morgan fingerprint density at radius 3 is 2.33 bits per heavy atom. The molecule has 1 aromatic carbocycles. The zero-order valence-corrected chi connectivity index (χ0v) is 10.3. The van der Waals surface area contributed by atoms with Crippen molar-refractivity contribution in [2.45, 2.75) is 33.2 Å². The third kappa shape index (κ3) is 2.82. The van der Waals surface area contributed by atoms with Crippen molar-refractivity contribution < 1.29 is 0 Å². The highest BCUT2D eigenvalue weighted by molar-refractivity contribution is 5.72. The van der Waals surface area contributed by atoms with Crippen LogP contribution in [0.25, 0.3) is 0 Å². The first-order chi connectivity index (χ1) is 6.96. The van der Waals surface area contributed by atoms with E-state index >= 15 is 0 Å².